The Bertz CT molecular complexity index is 982. The van der Waals surface area contributed by atoms with Gasteiger partial charge in [0, 0.05) is 31.2 Å². The van der Waals surface area contributed by atoms with Gasteiger partial charge >= 0.3 is 5.97 Å². The van der Waals surface area contributed by atoms with Crippen molar-refractivity contribution in [1.82, 2.24) is 20.4 Å². The summed E-state index contributed by atoms with van der Waals surface area (Å²) in [6, 6.07) is 2.65. The fourth-order valence-electron chi connectivity index (χ4n) is 4.69. The molecular formula is C21H24F2N4O4. The summed E-state index contributed by atoms with van der Waals surface area (Å²) in [7, 11) is 0. The Hall–Kier alpha value is -2.88. The molecule has 0 bridgehead atoms. The van der Waals surface area contributed by atoms with E-state index in [1.165, 1.54) is 0 Å². The van der Waals surface area contributed by atoms with E-state index in [1.54, 1.807) is 0 Å². The van der Waals surface area contributed by atoms with Gasteiger partial charge in [0.15, 0.2) is 0 Å². The number of hydrogen-bond donors (Lipinski definition) is 2. The van der Waals surface area contributed by atoms with Crippen LogP contribution in [0.4, 0.5) is 8.78 Å². The second-order valence-electron chi connectivity index (χ2n) is 8.33. The number of hydrogen-bond acceptors (Lipinski definition) is 6. The van der Waals surface area contributed by atoms with Gasteiger partial charge in [-0.25, -0.2) is 8.78 Å². The first-order valence-corrected chi connectivity index (χ1v) is 10.4. The topological polar surface area (TPSA) is 109 Å². The summed E-state index contributed by atoms with van der Waals surface area (Å²) in [5.41, 5.74) is -0.129. The van der Waals surface area contributed by atoms with Crippen LogP contribution in [0.1, 0.15) is 43.2 Å². The molecule has 2 aromatic rings. The van der Waals surface area contributed by atoms with Gasteiger partial charge in [0.2, 0.25) is 0 Å². The minimum absolute atomic E-state index is 0.129. The molecule has 4 rings (SSSR count). The fraction of sp³-hybridized carbons (Fsp3) is 0.524. The Morgan fingerprint density at radius 1 is 1.26 bits per heavy atom. The summed E-state index contributed by atoms with van der Waals surface area (Å²) >= 11 is 0. The Kier molecular flexibility index (Phi) is 5.99. The number of carbonyl (C=O) groups excluding carboxylic acids is 1. The van der Waals surface area contributed by atoms with Crippen LogP contribution in [0.5, 0.6) is 0 Å². The average molecular weight is 434 g/mol. The third kappa shape index (κ3) is 4.43. The van der Waals surface area contributed by atoms with Crippen LogP contribution in [0.25, 0.3) is 11.5 Å². The van der Waals surface area contributed by atoms with Crippen molar-refractivity contribution in [1.29, 1.82) is 0 Å². The van der Waals surface area contributed by atoms with E-state index in [-0.39, 0.29) is 17.3 Å². The quantitative estimate of drug-likeness (QED) is 0.745. The van der Waals surface area contributed by atoms with Gasteiger partial charge in [0.1, 0.15) is 11.6 Å². The largest absolute Gasteiger partial charge is 0.481 e. The Balaban J connectivity index is 1.44. The van der Waals surface area contributed by atoms with E-state index in [2.05, 4.69) is 27.3 Å². The van der Waals surface area contributed by atoms with Crippen LogP contribution in [0.3, 0.4) is 0 Å². The number of carboxylic acids is 1. The highest BCUT2D eigenvalue weighted by atomic mass is 19.1. The summed E-state index contributed by atoms with van der Waals surface area (Å²) < 4.78 is 31.9. The highest BCUT2D eigenvalue weighted by Crippen LogP contribution is 2.32. The number of aliphatic carboxylic acids is 1. The molecule has 4 unspecified atom stereocenters. The lowest BCUT2D eigenvalue weighted by Crippen LogP contribution is -2.56. The second-order valence-corrected chi connectivity index (χ2v) is 8.33. The summed E-state index contributed by atoms with van der Waals surface area (Å²) in [6.45, 7) is 3.26. The zero-order valence-corrected chi connectivity index (χ0v) is 17.1. The fourth-order valence-corrected chi connectivity index (χ4v) is 4.69. The normalized spacial score (nSPS) is 26.7. The molecule has 1 aromatic carbocycles. The number of nitrogens with zero attached hydrogens (tertiary/aromatic N) is 3. The smallest absolute Gasteiger partial charge is 0.309 e. The molecular weight excluding hydrogens is 410 g/mol. The summed E-state index contributed by atoms with van der Waals surface area (Å²) in [6.07, 6.45) is 3.85. The number of carboxylic acid groups (broad SMARTS) is 1. The van der Waals surface area contributed by atoms with Crippen molar-refractivity contribution >= 4 is 11.9 Å². The average Bonchev–Trinajstić information content (AvgIpc) is 3.37. The SMILES string of the molecule is CC1CCCC1N1CCC(NC(=O)c2noc(-c3ccc(F)cc3F)n2)C(C(=O)O)C1. The number of likely N-dealkylation sites (tertiary alicyclic amines) is 1. The standard InChI is InChI=1S/C21H24F2N4O4/c1-11-3-2-4-17(11)27-8-7-16(14(10-27)21(29)30)24-19(28)18-25-20(31-26-18)13-6-5-12(22)9-15(13)23/h5-6,9,11,14,16-17H,2-4,7-8,10H2,1H3,(H,24,28)(H,29,30). The van der Waals surface area contributed by atoms with Crippen LogP contribution in [0, 0.1) is 23.5 Å². The lowest BCUT2D eigenvalue weighted by molar-refractivity contribution is -0.145. The number of rotatable bonds is 5. The third-order valence-corrected chi connectivity index (χ3v) is 6.35. The minimum atomic E-state index is -0.970. The van der Waals surface area contributed by atoms with E-state index in [9.17, 15) is 23.5 Å². The van der Waals surface area contributed by atoms with Crippen molar-refractivity contribution in [3.8, 4) is 11.5 Å². The van der Waals surface area contributed by atoms with Gasteiger partial charge < -0.3 is 14.9 Å². The predicted octanol–water partition coefficient (Wildman–Crippen LogP) is 2.71. The molecule has 31 heavy (non-hydrogen) atoms. The van der Waals surface area contributed by atoms with Crippen molar-refractivity contribution in [3.05, 3.63) is 35.7 Å². The number of carbonyl (C=O) groups is 2. The molecule has 1 aliphatic carbocycles. The monoisotopic (exact) mass is 434 g/mol. The molecule has 1 aromatic heterocycles. The number of nitrogens with one attached hydrogen (secondary N) is 1. The Morgan fingerprint density at radius 2 is 2.06 bits per heavy atom. The molecule has 8 nitrogen and oxygen atoms in total. The van der Waals surface area contributed by atoms with Gasteiger partial charge in [-0.2, -0.15) is 4.98 Å². The van der Waals surface area contributed by atoms with Gasteiger partial charge in [0.05, 0.1) is 11.5 Å². The molecule has 2 aliphatic rings. The third-order valence-electron chi connectivity index (χ3n) is 6.35. The van der Waals surface area contributed by atoms with Crippen molar-refractivity contribution in [3.63, 3.8) is 0 Å². The Morgan fingerprint density at radius 3 is 2.74 bits per heavy atom. The van der Waals surface area contributed by atoms with Gasteiger partial charge in [0.25, 0.3) is 17.6 Å². The molecule has 1 amide bonds. The van der Waals surface area contributed by atoms with E-state index in [0.29, 0.717) is 37.5 Å². The summed E-state index contributed by atoms with van der Waals surface area (Å²) in [5, 5.41) is 16.0. The van der Waals surface area contributed by atoms with E-state index >= 15 is 0 Å². The maximum atomic E-state index is 13.9. The van der Waals surface area contributed by atoms with Crippen LogP contribution in [0.2, 0.25) is 0 Å². The molecule has 1 aliphatic heterocycles. The van der Waals surface area contributed by atoms with Gasteiger partial charge in [-0.3, -0.25) is 14.5 Å². The van der Waals surface area contributed by atoms with Crippen molar-refractivity contribution in [2.75, 3.05) is 13.1 Å². The first-order valence-electron chi connectivity index (χ1n) is 10.4. The number of halogens is 2. The first kappa shape index (κ1) is 21.4. The number of benzene rings is 1. The zero-order chi connectivity index (χ0) is 22.1. The number of piperidine rings is 1. The van der Waals surface area contributed by atoms with Gasteiger partial charge in [-0.05, 0) is 37.3 Å². The van der Waals surface area contributed by atoms with Crippen LogP contribution >= 0.6 is 0 Å². The molecule has 166 valence electrons. The molecule has 10 heteroatoms. The maximum Gasteiger partial charge on any atom is 0.309 e. The molecule has 1 saturated carbocycles. The van der Waals surface area contributed by atoms with Crippen LogP contribution in [0.15, 0.2) is 22.7 Å². The first-order chi connectivity index (χ1) is 14.8. The van der Waals surface area contributed by atoms with E-state index in [1.807, 2.05) is 0 Å². The summed E-state index contributed by atoms with van der Waals surface area (Å²) in [4.78, 5) is 30.6. The molecule has 4 atom stereocenters. The second kappa shape index (κ2) is 8.70. The molecule has 2 N–H and O–H groups in total. The number of aromatic nitrogens is 2. The van der Waals surface area contributed by atoms with Crippen molar-refractivity contribution < 1.29 is 28.0 Å². The molecule has 2 heterocycles. The van der Waals surface area contributed by atoms with Crippen LogP contribution < -0.4 is 5.32 Å². The minimum Gasteiger partial charge on any atom is -0.481 e. The highest BCUT2D eigenvalue weighted by molar-refractivity contribution is 5.91. The number of amides is 1. The van der Waals surface area contributed by atoms with Gasteiger partial charge in [-0.15, -0.1) is 0 Å². The van der Waals surface area contributed by atoms with Gasteiger partial charge in [-0.1, -0.05) is 18.5 Å². The maximum absolute atomic E-state index is 13.9. The van der Waals surface area contributed by atoms with Crippen LogP contribution in [-0.2, 0) is 4.79 Å². The Labute approximate surface area is 177 Å². The zero-order valence-electron chi connectivity index (χ0n) is 17.1. The predicted molar refractivity (Wildman–Crippen MR) is 105 cm³/mol. The summed E-state index contributed by atoms with van der Waals surface area (Å²) in [5.74, 6) is -4.14. The van der Waals surface area contributed by atoms with E-state index < -0.39 is 35.5 Å². The molecule has 1 saturated heterocycles. The highest BCUT2D eigenvalue weighted by Gasteiger charge is 2.40. The van der Waals surface area contributed by atoms with Crippen molar-refractivity contribution in [2.45, 2.75) is 44.7 Å². The van der Waals surface area contributed by atoms with E-state index in [0.717, 1.165) is 31.4 Å². The van der Waals surface area contributed by atoms with Crippen molar-refractivity contribution in [2.24, 2.45) is 11.8 Å². The lowest BCUT2D eigenvalue weighted by Gasteiger charge is -2.41. The van der Waals surface area contributed by atoms with E-state index in [4.69, 9.17) is 4.52 Å². The lowest BCUT2D eigenvalue weighted by atomic mass is 9.89. The molecule has 0 spiro atoms. The molecule has 2 fully saturated rings. The molecule has 0 radical (unpaired) electrons. The van der Waals surface area contributed by atoms with Crippen LogP contribution in [-0.4, -0.2) is 57.2 Å².